The summed E-state index contributed by atoms with van der Waals surface area (Å²) in [4.78, 5) is 13.9. The van der Waals surface area contributed by atoms with E-state index in [0.29, 0.717) is 11.8 Å². The van der Waals surface area contributed by atoms with E-state index in [-0.39, 0.29) is 5.92 Å². The zero-order valence-electron chi connectivity index (χ0n) is 8.70. The lowest BCUT2D eigenvalue weighted by atomic mass is 9.84. The van der Waals surface area contributed by atoms with E-state index in [1.54, 1.807) is 0 Å². The summed E-state index contributed by atoms with van der Waals surface area (Å²) in [5.74, 6) is 0.879. The molecule has 14 heavy (non-hydrogen) atoms. The molecule has 1 aliphatic carbocycles. The Hall–Kier alpha value is -1.05. The molecule has 2 rings (SSSR count). The van der Waals surface area contributed by atoms with Gasteiger partial charge in [0.05, 0.1) is 5.92 Å². The summed E-state index contributed by atoms with van der Waals surface area (Å²) >= 11 is 0. The third-order valence-corrected chi connectivity index (χ3v) is 3.24. The zero-order valence-corrected chi connectivity index (χ0v) is 8.70. The van der Waals surface area contributed by atoms with Crippen LogP contribution in [0.1, 0.15) is 26.2 Å². The van der Waals surface area contributed by atoms with Gasteiger partial charge in [0, 0.05) is 18.2 Å². The van der Waals surface area contributed by atoms with Crippen molar-refractivity contribution in [2.45, 2.75) is 26.2 Å². The Morgan fingerprint density at radius 1 is 1.43 bits per heavy atom. The van der Waals surface area contributed by atoms with Crippen molar-refractivity contribution < 1.29 is 4.79 Å². The van der Waals surface area contributed by atoms with Crippen LogP contribution >= 0.6 is 0 Å². The first-order chi connectivity index (χ1) is 6.75. The second kappa shape index (κ2) is 3.60. The van der Waals surface area contributed by atoms with Gasteiger partial charge < -0.3 is 4.90 Å². The molecule has 1 fully saturated rings. The van der Waals surface area contributed by atoms with Crippen LogP contribution in [0.4, 0.5) is 0 Å². The number of fused-ring (bicyclic) bond motifs is 1. The van der Waals surface area contributed by atoms with Gasteiger partial charge in [0.1, 0.15) is 0 Å². The fourth-order valence-corrected chi connectivity index (χ4v) is 2.47. The molecular weight excluding hydrogens is 174 g/mol. The van der Waals surface area contributed by atoms with Crippen LogP contribution in [0.25, 0.3) is 0 Å². The van der Waals surface area contributed by atoms with Gasteiger partial charge in [-0.2, -0.15) is 0 Å². The predicted octanol–water partition coefficient (Wildman–Crippen LogP) is 2.33. The SMILES string of the molecule is C=C1C2CC=CCC2C(=O)N1CCC. The van der Waals surface area contributed by atoms with E-state index in [0.717, 1.165) is 31.5 Å². The molecule has 1 aliphatic heterocycles. The van der Waals surface area contributed by atoms with E-state index >= 15 is 0 Å². The molecule has 2 heteroatoms. The lowest BCUT2D eigenvalue weighted by Crippen LogP contribution is -2.26. The Bertz CT molecular complexity index is 267. The topological polar surface area (TPSA) is 20.3 Å². The predicted molar refractivity (Wildman–Crippen MR) is 56.5 cm³/mol. The maximum Gasteiger partial charge on any atom is 0.230 e. The van der Waals surface area contributed by atoms with E-state index in [9.17, 15) is 4.79 Å². The number of nitrogens with zero attached hydrogens (tertiary/aromatic N) is 1. The summed E-state index contributed by atoms with van der Waals surface area (Å²) in [5.41, 5.74) is 1.05. The van der Waals surface area contributed by atoms with Gasteiger partial charge in [-0.3, -0.25) is 4.79 Å². The maximum atomic E-state index is 12.0. The quantitative estimate of drug-likeness (QED) is 0.613. The number of hydrogen-bond acceptors (Lipinski definition) is 1. The van der Waals surface area contributed by atoms with Crippen LogP contribution in [0.3, 0.4) is 0 Å². The molecule has 1 amide bonds. The molecule has 0 aromatic carbocycles. The number of rotatable bonds is 2. The van der Waals surface area contributed by atoms with E-state index in [1.807, 2.05) is 4.90 Å². The fraction of sp³-hybridized carbons (Fsp3) is 0.583. The van der Waals surface area contributed by atoms with E-state index < -0.39 is 0 Å². The van der Waals surface area contributed by atoms with Crippen LogP contribution in [0.15, 0.2) is 24.4 Å². The number of likely N-dealkylation sites (tertiary alicyclic amines) is 1. The first-order valence-corrected chi connectivity index (χ1v) is 5.41. The molecule has 2 nitrogen and oxygen atoms in total. The number of amides is 1. The minimum Gasteiger partial charge on any atom is -0.316 e. The fourth-order valence-electron chi connectivity index (χ4n) is 2.47. The Labute approximate surface area is 85.3 Å². The minimum absolute atomic E-state index is 0.194. The summed E-state index contributed by atoms with van der Waals surface area (Å²) in [6.07, 6.45) is 7.21. The highest BCUT2D eigenvalue weighted by molar-refractivity contribution is 5.85. The average molecular weight is 191 g/mol. The minimum atomic E-state index is 0.194. The molecule has 0 saturated carbocycles. The summed E-state index contributed by atoms with van der Waals surface area (Å²) < 4.78 is 0. The van der Waals surface area contributed by atoms with Crippen molar-refractivity contribution in [3.05, 3.63) is 24.4 Å². The van der Waals surface area contributed by atoms with Crippen molar-refractivity contribution >= 4 is 5.91 Å². The van der Waals surface area contributed by atoms with Crippen molar-refractivity contribution in [2.24, 2.45) is 11.8 Å². The lowest BCUT2D eigenvalue weighted by molar-refractivity contribution is -0.130. The van der Waals surface area contributed by atoms with Gasteiger partial charge in [-0.25, -0.2) is 0 Å². The molecule has 1 heterocycles. The van der Waals surface area contributed by atoms with Crippen LogP contribution in [0, 0.1) is 11.8 Å². The number of hydrogen-bond donors (Lipinski definition) is 0. The Morgan fingerprint density at radius 3 is 2.64 bits per heavy atom. The van der Waals surface area contributed by atoms with Crippen LogP contribution in [0.5, 0.6) is 0 Å². The normalized spacial score (nSPS) is 31.1. The molecule has 0 aromatic heterocycles. The summed E-state index contributed by atoms with van der Waals surface area (Å²) in [7, 11) is 0. The van der Waals surface area contributed by atoms with Gasteiger partial charge in [-0.15, -0.1) is 0 Å². The second-order valence-corrected chi connectivity index (χ2v) is 4.14. The van der Waals surface area contributed by atoms with Gasteiger partial charge in [-0.1, -0.05) is 25.7 Å². The van der Waals surface area contributed by atoms with Gasteiger partial charge >= 0.3 is 0 Å². The zero-order chi connectivity index (χ0) is 10.1. The number of carbonyl (C=O) groups excluding carboxylic acids is 1. The van der Waals surface area contributed by atoms with Crippen molar-refractivity contribution in [1.29, 1.82) is 0 Å². The number of allylic oxidation sites excluding steroid dienone is 3. The Morgan fingerprint density at radius 2 is 2.07 bits per heavy atom. The Balaban J connectivity index is 2.19. The molecule has 0 spiro atoms. The lowest BCUT2D eigenvalue weighted by Gasteiger charge is -2.18. The van der Waals surface area contributed by atoms with Crippen LogP contribution in [0.2, 0.25) is 0 Å². The van der Waals surface area contributed by atoms with E-state index in [2.05, 4.69) is 25.7 Å². The molecule has 0 bridgehead atoms. The smallest absolute Gasteiger partial charge is 0.230 e. The highest BCUT2D eigenvalue weighted by Crippen LogP contribution is 2.40. The monoisotopic (exact) mass is 191 g/mol. The van der Waals surface area contributed by atoms with Gasteiger partial charge in [0.15, 0.2) is 0 Å². The first kappa shape index (κ1) is 9.50. The van der Waals surface area contributed by atoms with Crippen LogP contribution in [-0.2, 0) is 4.79 Å². The van der Waals surface area contributed by atoms with Crippen molar-refractivity contribution in [1.82, 2.24) is 4.90 Å². The first-order valence-electron chi connectivity index (χ1n) is 5.41. The molecule has 1 saturated heterocycles. The number of carbonyl (C=O) groups is 1. The molecule has 2 atom stereocenters. The molecule has 0 aromatic rings. The molecule has 2 aliphatic rings. The van der Waals surface area contributed by atoms with E-state index in [4.69, 9.17) is 0 Å². The molecular formula is C12H17NO. The van der Waals surface area contributed by atoms with Gasteiger partial charge in [0.25, 0.3) is 0 Å². The summed E-state index contributed by atoms with van der Waals surface area (Å²) in [5, 5.41) is 0. The molecule has 0 radical (unpaired) electrons. The highest BCUT2D eigenvalue weighted by atomic mass is 16.2. The van der Waals surface area contributed by atoms with Crippen molar-refractivity contribution in [3.8, 4) is 0 Å². The van der Waals surface area contributed by atoms with Gasteiger partial charge in [-0.05, 0) is 19.3 Å². The molecule has 0 N–H and O–H groups in total. The van der Waals surface area contributed by atoms with Crippen LogP contribution in [-0.4, -0.2) is 17.4 Å². The molecule has 76 valence electrons. The standard InChI is InChI=1S/C12H17NO/c1-3-8-13-9(2)10-6-4-5-7-11(10)12(13)14/h4-5,10-11H,2-3,6-8H2,1H3. The summed E-state index contributed by atoms with van der Waals surface area (Å²) in [6.45, 7) is 7.00. The third-order valence-electron chi connectivity index (χ3n) is 3.24. The van der Waals surface area contributed by atoms with Crippen molar-refractivity contribution in [3.63, 3.8) is 0 Å². The van der Waals surface area contributed by atoms with Crippen LogP contribution < -0.4 is 0 Å². The van der Waals surface area contributed by atoms with Crippen molar-refractivity contribution in [2.75, 3.05) is 6.54 Å². The maximum absolute atomic E-state index is 12.0. The second-order valence-electron chi connectivity index (χ2n) is 4.14. The third kappa shape index (κ3) is 1.29. The highest BCUT2D eigenvalue weighted by Gasteiger charge is 2.42. The van der Waals surface area contributed by atoms with E-state index in [1.165, 1.54) is 0 Å². The summed E-state index contributed by atoms with van der Waals surface area (Å²) in [6, 6.07) is 0. The molecule has 2 unspecified atom stereocenters. The largest absolute Gasteiger partial charge is 0.316 e. The Kier molecular flexibility index (Phi) is 2.44. The van der Waals surface area contributed by atoms with Gasteiger partial charge in [0.2, 0.25) is 5.91 Å². The average Bonchev–Trinajstić information content (AvgIpc) is 2.45.